The first-order valence-corrected chi connectivity index (χ1v) is 6.43. The van der Waals surface area contributed by atoms with Crippen LogP contribution >= 0.6 is 0 Å². The van der Waals surface area contributed by atoms with Gasteiger partial charge in [-0.15, -0.1) is 0 Å². The van der Waals surface area contributed by atoms with E-state index in [2.05, 4.69) is 10.3 Å². The summed E-state index contributed by atoms with van der Waals surface area (Å²) in [6, 6.07) is 1.82. The standard InChI is InChI=1S/C13H17F3N2O/c14-13(15,16)11-3-1-2-10(6-11)12(19)18-8-9-4-5-17-7-9/h4-5,7,10-11,17H,1-3,6,8H2,(H,18,19). The normalized spacial score (nSPS) is 24.2. The van der Waals surface area contributed by atoms with Crippen molar-refractivity contribution in [2.45, 2.75) is 38.4 Å². The number of halogens is 3. The smallest absolute Gasteiger partial charge is 0.367 e. The van der Waals surface area contributed by atoms with E-state index in [0.717, 1.165) is 5.56 Å². The van der Waals surface area contributed by atoms with Gasteiger partial charge in [-0.3, -0.25) is 4.79 Å². The molecule has 0 aromatic carbocycles. The summed E-state index contributed by atoms with van der Waals surface area (Å²) in [5.74, 6) is -2.11. The van der Waals surface area contributed by atoms with Crippen molar-refractivity contribution in [2.24, 2.45) is 11.8 Å². The number of rotatable bonds is 3. The summed E-state index contributed by atoms with van der Waals surface area (Å²) < 4.78 is 38.0. The van der Waals surface area contributed by atoms with E-state index < -0.39 is 18.0 Å². The van der Waals surface area contributed by atoms with Gasteiger partial charge in [0, 0.05) is 24.9 Å². The molecule has 1 amide bonds. The second kappa shape index (κ2) is 5.67. The minimum Gasteiger partial charge on any atom is -0.367 e. The fourth-order valence-corrected chi connectivity index (χ4v) is 2.53. The maximum Gasteiger partial charge on any atom is 0.391 e. The lowest BCUT2D eigenvalue weighted by Crippen LogP contribution is -2.37. The number of carbonyl (C=O) groups is 1. The number of hydrogen-bond donors (Lipinski definition) is 2. The molecule has 1 saturated carbocycles. The van der Waals surface area contributed by atoms with Crippen LogP contribution in [0.3, 0.4) is 0 Å². The van der Waals surface area contributed by atoms with Gasteiger partial charge in [-0.1, -0.05) is 6.42 Å². The Morgan fingerprint density at radius 2 is 2.21 bits per heavy atom. The molecule has 0 spiro atoms. The molecule has 3 nitrogen and oxygen atoms in total. The molecule has 6 heteroatoms. The second-order valence-corrected chi connectivity index (χ2v) is 5.04. The van der Waals surface area contributed by atoms with Crippen LogP contribution in [0.5, 0.6) is 0 Å². The van der Waals surface area contributed by atoms with Crippen molar-refractivity contribution in [2.75, 3.05) is 0 Å². The fourth-order valence-electron chi connectivity index (χ4n) is 2.53. The zero-order valence-corrected chi connectivity index (χ0v) is 10.5. The number of aromatic nitrogens is 1. The summed E-state index contributed by atoms with van der Waals surface area (Å²) in [6.45, 7) is 0.357. The van der Waals surface area contributed by atoms with Gasteiger partial charge in [-0.2, -0.15) is 13.2 Å². The molecule has 2 N–H and O–H groups in total. The van der Waals surface area contributed by atoms with Gasteiger partial charge >= 0.3 is 6.18 Å². The molecule has 1 aromatic heterocycles. The Morgan fingerprint density at radius 1 is 1.42 bits per heavy atom. The zero-order valence-electron chi connectivity index (χ0n) is 10.5. The number of aromatic amines is 1. The van der Waals surface area contributed by atoms with E-state index in [1.54, 1.807) is 12.4 Å². The van der Waals surface area contributed by atoms with Crippen molar-refractivity contribution in [1.82, 2.24) is 10.3 Å². The molecule has 0 saturated heterocycles. The van der Waals surface area contributed by atoms with E-state index in [1.165, 1.54) is 0 Å². The van der Waals surface area contributed by atoms with Crippen LogP contribution < -0.4 is 5.32 Å². The van der Waals surface area contributed by atoms with Crippen LogP contribution in [0.2, 0.25) is 0 Å². The van der Waals surface area contributed by atoms with E-state index in [1.807, 2.05) is 6.07 Å². The minimum absolute atomic E-state index is 0.0809. The first-order valence-electron chi connectivity index (χ1n) is 6.43. The van der Waals surface area contributed by atoms with Crippen LogP contribution in [-0.2, 0) is 11.3 Å². The summed E-state index contributed by atoms with van der Waals surface area (Å²) >= 11 is 0. The van der Waals surface area contributed by atoms with E-state index in [0.29, 0.717) is 19.4 Å². The molecule has 2 unspecified atom stereocenters. The molecule has 1 heterocycles. The lowest BCUT2D eigenvalue weighted by Gasteiger charge is -2.29. The fraction of sp³-hybridized carbons (Fsp3) is 0.615. The van der Waals surface area contributed by atoms with Gasteiger partial charge in [0.25, 0.3) is 0 Å². The van der Waals surface area contributed by atoms with Crippen LogP contribution in [0, 0.1) is 11.8 Å². The number of alkyl halides is 3. The van der Waals surface area contributed by atoms with Gasteiger partial charge < -0.3 is 10.3 Å². The molecular formula is C13H17F3N2O. The van der Waals surface area contributed by atoms with E-state index in [9.17, 15) is 18.0 Å². The summed E-state index contributed by atoms with van der Waals surface area (Å²) in [7, 11) is 0. The number of hydrogen-bond acceptors (Lipinski definition) is 1. The highest BCUT2D eigenvalue weighted by Crippen LogP contribution is 2.39. The molecule has 1 fully saturated rings. The van der Waals surface area contributed by atoms with Crippen LogP contribution in [0.4, 0.5) is 13.2 Å². The monoisotopic (exact) mass is 274 g/mol. The topological polar surface area (TPSA) is 44.9 Å². The largest absolute Gasteiger partial charge is 0.391 e. The quantitative estimate of drug-likeness (QED) is 0.874. The predicted octanol–water partition coefficient (Wildman–Crippen LogP) is 3.00. The first kappa shape index (κ1) is 14.0. The molecule has 0 radical (unpaired) electrons. The molecule has 1 aromatic rings. The average Bonchev–Trinajstić information content (AvgIpc) is 2.88. The molecule has 1 aliphatic carbocycles. The highest BCUT2D eigenvalue weighted by atomic mass is 19.4. The Balaban J connectivity index is 1.85. The van der Waals surface area contributed by atoms with Crippen LogP contribution in [0.15, 0.2) is 18.5 Å². The summed E-state index contributed by atoms with van der Waals surface area (Å²) in [5.41, 5.74) is 0.913. The molecule has 1 aliphatic rings. The predicted molar refractivity (Wildman–Crippen MR) is 64.1 cm³/mol. The number of H-pyrrole nitrogens is 1. The van der Waals surface area contributed by atoms with Crippen LogP contribution in [0.25, 0.3) is 0 Å². The van der Waals surface area contributed by atoms with E-state index in [-0.39, 0.29) is 18.7 Å². The van der Waals surface area contributed by atoms with Crippen LogP contribution in [-0.4, -0.2) is 17.1 Å². The van der Waals surface area contributed by atoms with Gasteiger partial charge in [-0.05, 0) is 30.9 Å². The minimum atomic E-state index is -4.18. The summed E-state index contributed by atoms with van der Waals surface area (Å²) in [5, 5.41) is 2.70. The average molecular weight is 274 g/mol. The Hall–Kier alpha value is -1.46. The van der Waals surface area contributed by atoms with Crippen LogP contribution in [0.1, 0.15) is 31.2 Å². The van der Waals surface area contributed by atoms with Crippen molar-refractivity contribution in [1.29, 1.82) is 0 Å². The van der Waals surface area contributed by atoms with Gasteiger partial charge in [0.1, 0.15) is 0 Å². The lowest BCUT2D eigenvalue weighted by molar-refractivity contribution is -0.186. The van der Waals surface area contributed by atoms with Gasteiger partial charge in [-0.25, -0.2) is 0 Å². The maximum absolute atomic E-state index is 12.7. The Kier molecular flexibility index (Phi) is 4.17. The SMILES string of the molecule is O=C(NCc1cc[nH]c1)C1CCCC(C(F)(F)F)C1. The zero-order chi connectivity index (χ0) is 13.9. The Labute approximate surface area is 109 Å². The van der Waals surface area contributed by atoms with E-state index in [4.69, 9.17) is 0 Å². The first-order chi connectivity index (χ1) is 8.97. The second-order valence-electron chi connectivity index (χ2n) is 5.04. The third-order valence-corrected chi connectivity index (χ3v) is 3.64. The third kappa shape index (κ3) is 3.75. The summed E-state index contributed by atoms with van der Waals surface area (Å²) in [4.78, 5) is 14.7. The Morgan fingerprint density at radius 3 is 2.84 bits per heavy atom. The molecule has 106 valence electrons. The lowest BCUT2D eigenvalue weighted by atomic mass is 9.80. The van der Waals surface area contributed by atoms with E-state index >= 15 is 0 Å². The third-order valence-electron chi connectivity index (χ3n) is 3.64. The molecule has 2 rings (SSSR count). The maximum atomic E-state index is 12.7. The summed E-state index contributed by atoms with van der Waals surface area (Å²) in [6.07, 6.45) is 0.382. The van der Waals surface area contributed by atoms with Gasteiger partial charge in [0.2, 0.25) is 5.91 Å². The molecule has 19 heavy (non-hydrogen) atoms. The van der Waals surface area contributed by atoms with Crippen molar-refractivity contribution in [3.8, 4) is 0 Å². The highest BCUT2D eigenvalue weighted by molar-refractivity contribution is 5.78. The van der Waals surface area contributed by atoms with Crippen molar-refractivity contribution < 1.29 is 18.0 Å². The molecular weight excluding hydrogens is 257 g/mol. The van der Waals surface area contributed by atoms with Crippen molar-refractivity contribution in [3.05, 3.63) is 24.0 Å². The van der Waals surface area contributed by atoms with Crippen molar-refractivity contribution in [3.63, 3.8) is 0 Å². The van der Waals surface area contributed by atoms with Gasteiger partial charge in [0.15, 0.2) is 0 Å². The molecule has 0 bridgehead atoms. The molecule has 2 atom stereocenters. The van der Waals surface area contributed by atoms with Gasteiger partial charge in [0.05, 0.1) is 5.92 Å². The van der Waals surface area contributed by atoms with Crippen molar-refractivity contribution >= 4 is 5.91 Å². The number of amides is 1. The Bertz CT molecular complexity index is 414. The number of carbonyl (C=O) groups excluding carboxylic acids is 1. The highest BCUT2D eigenvalue weighted by Gasteiger charge is 2.43. The number of nitrogens with one attached hydrogen (secondary N) is 2. The molecule has 0 aliphatic heterocycles.